The molecule has 0 unspecified atom stereocenters. The van der Waals surface area contributed by atoms with Crippen LogP contribution in [0.4, 0.5) is 18.9 Å². The van der Waals surface area contributed by atoms with Gasteiger partial charge in [0.2, 0.25) is 0 Å². The fourth-order valence-corrected chi connectivity index (χ4v) is 4.25. The lowest BCUT2D eigenvalue weighted by Gasteiger charge is -2.42. The standard InChI is InChI=1S/C27H23F3N2O3/c1-26(31-24(33)18-9-4-3-5-10-18)22(21-13-6-7-14-23(21)27(28,29)30)15-16-32(25(26)34)19-11-8-12-20(17-19)35-2/h3-17,22H,1-2H3,(H,31,33)/t22-,26-/m0/s1. The van der Waals surface area contributed by atoms with E-state index in [9.17, 15) is 22.8 Å². The highest BCUT2D eigenvalue weighted by Crippen LogP contribution is 2.43. The molecule has 8 heteroatoms. The zero-order valence-electron chi connectivity index (χ0n) is 19.0. The number of rotatable bonds is 5. The molecule has 1 aliphatic rings. The third-order valence-corrected chi connectivity index (χ3v) is 6.05. The minimum absolute atomic E-state index is 0.106. The van der Waals surface area contributed by atoms with Crippen LogP contribution in [-0.2, 0) is 11.0 Å². The summed E-state index contributed by atoms with van der Waals surface area (Å²) in [5, 5.41) is 2.74. The maximum Gasteiger partial charge on any atom is 0.416 e. The highest BCUT2D eigenvalue weighted by Gasteiger charge is 2.49. The van der Waals surface area contributed by atoms with Gasteiger partial charge in [-0.1, -0.05) is 48.5 Å². The summed E-state index contributed by atoms with van der Waals surface area (Å²) >= 11 is 0. The van der Waals surface area contributed by atoms with E-state index in [1.807, 2.05) is 0 Å². The van der Waals surface area contributed by atoms with Crippen molar-refractivity contribution in [3.8, 4) is 5.75 Å². The first kappa shape index (κ1) is 24.1. The third kappa shape index (κ3) is 4.64. The molecule has 0 fully saturated rings. The first-order valence-electron chi connectivity index (χ1n) is 10.8. The molecule has 5 nitrogen and oxygen atoms in total. The maximum atomic E-state index is 13.9. The summed E-state index contributed by atoms with van der Waals surface area (Å²) in [6, 6.07) is 20.0. The number of nitrogens with zero attached hydrogens (tertiary/aromatic N) is 1. The number of amides is 2. The van der Waals surface area contributed by atoms with Crippen molar-refractivity contribution in [2.24, 2.45) is 0 Å². The van der Waals surface area contributed by atoms with Crippen molar-refractivity contribution in [1.82, 2.24) is 5.32 Å². The van der Waals surface area contributed by atoms with Crippen molar-refractivity contribution in [1.29, 1.82) is 0 Å². The lowest BCUT2D eigenvalue weighted by Crippen LogP contribution is -2.62. The Hall–Kier alpha value is -4.07. The molecule has 0 spiro atoms. The van der Waals surface area contributed by atoms with Crippen LogP contribution in [0.2, 0.25) is 0 Å². The summed E-state index contributed by atoms with van der Waals surface area (Å²) in [6.07, 6.45) is -1.69. The van der Waals surface area contributed by atoms with Crippen molar-refractivity contribution in [3.63, 3.8) is 0 Å². The van der Waals surface area contributed by atoms with Crippen LogP contribution in [0.15, 0.2) is 91.1 Å². The molecular formula is C27H23F3N2O3. The molecule has 2 amide bonds. The molecule has 3 aromatic rings. The molecule has 1 aliphatic heterocycles. The van der Waals surface area contributed by atoms with Gasteiger partial charge < -0.3 is 10.1 Å². The molecule has 35 heavy (non-hydrogen) atoms. The van der Waals surface area contributed by atoms with Crippen molar-refractivity contribution < 1.29 is 27.5 Å². The Balaban J connectivity index is 1.84. The van der Waals surface area contributed by atoms with Gasteiger partial charge in [0.25, 0.3) is 11.8 Å². The first-order chi connectivity index (χ1) is 16.6. The zero-order chi connectivity index (χ0) is 25.2. The number of nitrogens with one attached hydrogen (secondary N) is 1. The summed E-state index contributed by atoms with van der Waals surface area (Å²) in [4.78, 5) is 28.3. The lowest BCUT2D eigenvalue weighted by molar-refractivity contribution is -0.139. The summed E-state index contributed by atoms with van der Waals surface area (Å²) < 4.78 is 46.9. The Morgan fingerprint density at radius 1 is 1.00 bits per heavy atom. The topological polar surface area (TPSA) is 58.6 Å². The predicted octanol–water partition coefficient (Wildman–Crippen LogP) is 5.55. The van der Waals surface area contributed by atoms with Gasteiger partial charge in [0.15, 0.2) is 0 Å². The van der Waals surface area contributed by atoms with Gasteiger partial charge >= 0.3 is 6.18 Å². The van der Waals surface area contributed by atoms with Gasteiger partial charge in [-0.2, -0.15) is 13.2 Å². The van der Waals surface area contributed by atoms with Crippen LogP contribution in [-0.4, -0.2) is 24.5 Å². The number of halogens is 3. The van der Waals surface area contributed by atoms with Crippen LogP contribution < -0.4 is 15.0 Å². The third-order valence-electron chi connectivity index (χ3n) is 6.05. The molecule has 0 bridgehead atoms. The van der Waals surface area contributed by atoms with Crippen molar-refractivity contribution in [2.45, 2.75) is 24.6 Å². The smallest absolute Gasteiger partial charge is 0.416 e. The number of methoxy groups -OCH3 is 1. The second-order valence-electron chi connectivity index (χ2n) is 8.30. The van der Waals surface area contributed by atoms with E-state index in [1.165, 1.54) is 49.4 Å². The van der Waals surface area contributed by atoms with E-state index < -0.39 is 35.0 Å². The Morgan fingerprint density at radius 2 is 1.69 bits per heavy atom. The molecule has 0 radical (unpaired) electrons. The molecule has 4 rings (SSSR count). The molecule has 1 heterocycles. The van der Waals surface area contributed by atoms with Crippen molar-refractivity contribution >= 4 is 17.5 Å². The van der Waals surface area contributed by atoms with Gasteiger partial charge in [-0.15, -0.1) is 0 Å². The summed E-state index contributed by atoms with van der Waals surface area (Å²) in [5.41, 5.74) is -1.96. The Labute approximate surface area is 200 Å². The average molecular weight is 480 g/mol. The Kier molecular flexibility index (Phi) is 6.39. The van der Waals surface area contributed by atoms with Crippen LogP contribution in [0.3, 0.4) is 0 Å². The van der Waals surface area contributed by atoms with Gasteiger partial charge in [-0.05, 0) is 42.8 Å². The fourth-order valence-electron chi connectivity index (χ4n) is 4.25. The molecular weight excluding hydrogens is 457 g/mol. The molecule has 1 N–H and O–H groups in total. The number of anilines is 1. The monoisotopic (exact) mass is 480 g/mol. The van der Waals surface area contributed by atoms with Crippen LogP contribution in [0.25, 0.3) is 0 Å². The maximum absolute atomic E-state index is 13.9. The zero-order valence-corrected chi connectivity index (χ0v) is 19.0. The normalized spacial score (nSPS) is 20.0. The van der Waals surface area contributed by atoms with Gasteiger partial charge in [0.05, 0.1) is 18.4 Å². The number of benzene rings is 3. The number of hydrogen-bond donors (Lipinski definition) is 1. The van der Waals surface area contributed by atoms with E-state index in [2.05, 4.69) is 5.32 Å². The van der Waals surface area contributed by atoms with E-state index in [-0.39, 0.29) is 11.1 Å². The van der Waals surface area contributed by atoms with Gasteiger partial charge in [0, 0.05) is 23.7 Å². The Bertz CT molecular complexity index is 1270. The molecule has 180 valence electrons. The van der Waals surface area contributed by atoms with Crippen LogP contribution in [0.1, 0.15) is 34.3 Å². The van der Waals surface area contributed by atoms with E-state index in [4.69, 9.17) is 4.74 Å². The summed E-state index contributed by atoms with van der Waals surface area (Å²) in [7, 11) is 1.49. The van der Waals surface area contributed by atoms with Crippen molar-refractivity contribution in [3.05, 3.63) is 108 Å². The quantitative estimate of drug-likeness (QED) is 0.521. The number of carbonyl (C=O) groups is 2. The van der Waals surface area contributed by atoms with Crippen LogP contribution >= 0.6 is 0 Å². The van der Waals surface area contributed by atoms with E-state index in [0.717, 1.165) is 6.07 Å². The second kappa shape index (κ2) is 9.29. The summed E-state index contributed by atoms with van der Waals surface area (Å²) in [6.45, 7) is 1.45. The highest BCUT2D eigenvalue weighted by atomic mass is 19.4. The second-order valence-corrected chi connectivity index (χ2v) is 8.30. The van der Waals surface area contributed by atoms with Crippen LogP contribution in [0, 0.1) is 0 Å². The molecule has 0 aliphatic carbocycles. The number of alkyl halides is 3. The minimum Gasteiger partial charge on any atom is -0.497 e. The number of ether oxygens (including phenoxy) is 1. The highest BCUT2D eigenvalue weighted by molar-refractivity contribution is 6.07. The average Bonchev–Trinajstić information content (AvgIpc) is 2.85. The van der Waals surface area contributed by atoms with E-state index in [0.29, 0.717) is 11.4 Å². The summed E-state index contributed by atoms with van der Waals surface area (Å²) in [5.74, 6) is -1.73. The molecule has 3 aromatic carbocycles. The molecule has 0 aromatic heterocycles. The number of carbonyl (C=O) groups excluding carboxylic acids is 2. The lowest BCUT2D eigenvalue weighted by atomic mass is 9.75. The van der Waals surface area contributed by atoms with Gasteiger partial charge in [-0.25, -0.2) is 0 Å². The SMILES string of the molecule is COc1cccc(N2C=C[C@@H](c3ccccc3C(F)(F)F)[C@](C)(NC(=O)c3ccccc3)C2=O)c1. The van der Waals surface area contributed by atoms with Gasteiger partial charge in [0.1, 0.15) is 11.3 Å². The van der Waals surface area contributed by atoms with Crippen molar-refractivity contribution in [2.75, 3.05) is 12.0 Å². The minimum atomic E-state index is -4.64. The number of hydrogen-bond acceptors (Lipinski definition) is 3. The molecule has 0 saturated carbocycles. The predicted molar refractivity (Wildman–Crippen MR) is 126 cm³/mol. The Morgan fingerprint density at radius 3 is 2.37 bits per heavy atom. The van der Waals surface area contributed by atoms with E-state index >= 15 is 0 Å². The molecule has 2 atom stereocenters. The van der Waals surface area contributed by atoms with Crippen LogP contribution in [0.5, 0.6) is 5.75 Å². The van der Waals surface area contributed by atoms with Gasteiger partial charge in [-0.3, -0.25) is 14.5 Å². The molecule has 0 saturated heterocycles. The largest absolute Gasteiger partial charge is 0.497 e. The fraction of sp³-hybridized carbons (Fsp3) is 0.185. The van der Waals surface area contributed by atoms with E-state index in [1.54, 1.807) is 54.6 Å². The first-order valence-corrected chi connectivity index (χ1v) is 10.8.